The van der Waals surface area contributed by atoms with Crippen LogP contribution in [0.15, 0.2) is 24.3 Å². The van der Waals surface area contributed by atoms with Crippen molar-refractivity contribution in [1.82, 2.24) is 4.90 Å². The van der Waals surface area contributed by atoms with Crippen molar-refractivity contribution in [1.29, 1.82) is 0 Å². The molecule has 0 radical (unpaired) electrons. The topological polar surface area (TPSA) is 29.5 Å². The van der Waals surface area contributed by atoms with Crippen LogP contribution in [0.1, 0.15) is 26.3 Å². The summed E-state index contributed by atoms with van der Waals surface area (Å²) in [4.78, 5) is 13.6. The fourth-order valence-electron chi connectivity index (χ4n) is 1.81. The molecule has 0 aliphatic carbocycles. The van der Waals surface area contributed by atoms with Gasteiger partial charge in [-0.3, -0.25) is 0 Å². The summed E-state index contributed by atoms with van der Waals surface area (Å²) in [5, 5.41) is 1.41. The number of carbonyl (C=O) groups excluding carboxylic acids is 1. The molecule has 1 aromatic rings. The zero-order chi connectivity index (χ0) is 15.6. The van der Waals surface area contributed by atoms with E-state index in [2.05, 4.69) is 43.9 Å². The Labute approximate surface area is 123 Å². The van der Waals surface area contributed by atoms with Crippen molar-refractivity contribution in [3.63, 3.8) is 0 Å². The summed E-state index contributed by atoms with van der Waals surface area (Å²) in [6, 6.07) is 8.53. The van der Waals surface area contributed by atoms with E-state index in [1.54, 1.807) is 11.9 Å². The third-order valence-electron chi connectivity index (χ3n) is 2.92. The Kier molecular flexibility index (Phi) is 5.03. The molecule has 0 aliphatic heterocycles. The SMILES string of the molecule is CN(Cc1cccc([Si](C)(C)C)c1)C(=O)OC(C)(C)C. The molecule has 20 heavy (non-hydrogen) atoms. The summed E-state index contributed by atoms with van der Waals surface area (Å²) in [7, 11) is 0.457. The van der Waals surface area contributed by atoms with E-state index < -0.39 is 13.7 Å². The summed E-state index contributed by atoms with van der Waals surface area (Å²) in [6.07, 6.45) is -0.282. The normalized spacial score (nSPS) is 12.2. The Morgan fingerprint density at radius 2 is 1.85 bits per heavy atom. The van der Waals surface area contributed by atoms with Gasteiger partial charge in [-0.2, -0.15) is 0 Å². The van der Waals surface area contributed by atoms with Gasteiger partial charge >= 0.3 is 6.09 Å². The molecule has 0 spiro atoms. The van der Waals surface area contributed by atoms with Gasteiger partial charge in [0.05, 0.1) is 8.07 Å². The first kappa shape index (κ1) is 16.8. The third-order valence-corrected chi connectivity index (χ3v) is 4.96. The summed E-state index contributed by atoms with van der Waals surface area (Å²) in [5.41, 5.74) is 0.698. The predicted octanol–water partition coefficient (Wildman–Crippen LogP) is 3.60. The van der Waals surface area contributed by atoms with Crippen molar-refractivity contribution in [2.24, 2.45) is 0 Å². The molecule has 112 valence electrons. The lowest BCUT2D eigenvalue weighted by Gasteiger charge is -2.25. The lowest BCUT2D eigenvalue weighted by molar-refractivity contribution is 0.0285. The summed E-state index contributed by atoms with van der Waals surface area (Å²) < 4.78 is 5.36. The quantitative estimate of drug-likeness (QED) is 0.797. The van der Waals surface area contributed by atoms with Gasteiger partial charge in [-0.05, 0) is 26.3 Å². The molecular weight excluding hydrogens is 266 g/mol. The molecule has 0 bridgehead atoms. The van der Waals surface area contributed by atoms with Gasteiger partial charge < -0.3 is 9.64 Å². The van der Waals surface area contributed by atoms with E-state index in [0.717, 1.165) is 5.56 Å². The minimum Gasteiger partial charge on any atom is -0.444 e. The van der Waals surface area contributed by atoms with Crippen molar-refractivity contribution in [2.45, 2.75) is 52.6 Å². The maximum atomic E-state index is 12.0. The highest BCUT2D eigenvalue weighted by Crippen LogP contribution is 2.12. The Morgan fingerprint density at radius 1 is 1.25 bits per heavy atom. The minimum atomic E-state index is -1.32. The second-order valence-corrected chi connectivity index (χ2v) is 12.4. The molecule has 0 aliphatic rings. The van der Waals surface area contributed by atoms with Crippen molar-refractivity contribution in [3.05, 3.63) is 29.8 Å². The second-order valence-electron chi connectivity index (χ2n) is 7.29. The zero-order valence-electron chi connectivity index (χ0n) is 13.8. The molecule has 0 N–H and O–H groups in total. The monoisotopic (exact) mass is 293 g/mol. The van der Waals surface area contributed by atoms with E-state index in [0.29, 0.717) is 6.54 Å². The fraction of sp³-hybridized carbons (Fsp3) is 0.562. The van der Waals surface area contributed by atoms with Crippen molar-refractivity contribution >= 4 is 19.4 Å². The molecule has 0 unspecified atom stereocenters. The van der Waals surface area contributed by atoms with Crippen LogP contribution in [0.25, 0.3) is 0 Å². The predicted molar refractivity (Wildman–Crippen MR) is 87.1 cm³/mol. The van der Waals surface area contributed by atoms with E-state index in [1.165, 1.54) is 5.19 Å². The van der Waals surface area contributed by atoms with Gasteiger partial charge in [-0.15, -0.1) is 0 Å². The maximum absolute atomic E-state index is 12.0. The molecule has 4 heteroatoms. The molecule has 0 fully saturated rings. The van der Waals surface area contributed by atoms with E-state index in [9.17, 15) is 4.79 Å². The number of rotatable bonds is 3. The minimum absolute atomic E-state index is 0.282. The van der Waals surface area contributed by atoms with Gasteiger partial charge in [0.15, 0.2) is 0 Å². The van der Waals surface area contributed by atoms with Crippen LogP contribution in [0.5, 0.6) is 0 Å². The number of hydrogen-bond acceptors (Lipinski definition) is 2. The lowest BCUT2D eigenvalue weighted by atomic mass is 10.2. The van der Waals surface area contributed by atoms with Crippen LogP contribution >= 0.6 is 0 Å². The molecule has 1 aromatic carbocycles. The van der Waals surface area contributed by atoms with Crippen LogP contribution in [-0.4, -0.2) is 31.7 Å². The van der Waals surface area contributed by atoms with Gasteiger partial charge in [-0.1, -0.05) is 49.1 Å². The van der Waals surface area contributed by atoms with Crippen molar-refractivity contribution in [3.8, 4) is 0 Å². The number of benzene rings is 1. The van der Waals surface area contributed by atoms with Crippen LogP contribution in [0.2, 0.25) is 19.6 Å². The first-order chi connectivity index (χ1) is 8.99. The molecule has 1 amide bonds. The van der Waals surface area contributed by atoms with Gasteiger partial charge in [0, 0.05) is 13.6 Å². The number of carbonyl (C=O) groups is 1. The summed E-state index contributed by atoms with van der Waals surface area (Å²) >= 11 is 0. The van der Waals surface area contributed by atoms with Crippen LogP contribution in [0, 0.1) is 0 Å². The average molecular weight is 293 g/mol. The lowest BCUT2D eigenvalue weighted by Crippen LogP contribution is -2.38. The largest absolute Gasteiger partial charge is 0.444 e. The first-order valence-corrected chi connectivity index (χ1v) is 10.5. The number of ether oxygens (including phenoxy) is 1. The van der Waals surface area contributed by atoms with Gasteiger partial charge in [0.1, 0.15) is 5.60 Å². The molecule has 3 nitrogen and oxygen atoms in total. The Hall–Kier alpha value is -1.29. The molecular formula is C16H27NO2Si. The van der Waals surface area contributed by atoms with Gasteiger partial charge in [-0.25, -0.2) is 4.79 Å². The Balaban J connectivity index is 2.76. The molecule has 0 atom stereocenters. The smallest absolute Gasteiger partial charge is 0.410 e. The first-order valence-electron chi connectivity index (χ1n) is 7.02. The van der Waals surface area contributed by atoms with Gasteiger partial charge in [0.2, 0.25) is 0 Å². The highest BCUT2D eigenvalue weighted by Gasteiger charge is 2.20. The van der Waals surface area contributed by atoms with Crippen molar-refractivity contribution < 1.29 is 9.53 Å². The second kappa shape index (κ2) is 6.00. The number of hydrogen-bond donors (Lipinski definition) is 0. The van der Waals surface area contributed by atoms with E-state index in [-0.39, 0.29) is 6.09 Å². The third kappa shape index (κ3) is 5.37. The molecule has 0 saturated carbocycles. The van der Waals surface area contributed by atoms with Crippen LogP contribution in [0.3, 0.4) is 0 Å². The van der Waals surface area contributed by atoms with Crippen molar-refractivity contribution in [2.75, 3.05) is 7.05 Å². The van der Waals surface area contributed by atoms with E-state index in [1.807, 2.05) is 20.8 Å². The average Bonchev–Trinajstić information content (AvgIpc) is 2.25. The van der Waals surface area contributed by atoms with E-state index >= 15 is 0 Å². The fourth-order valence-corrected chi connectivity index (χ4v) is 3.03. The molecule has 1 rings (SSSR count). The molecule has 0 saturated heterocycles. The highest BCUT2D eigenvalue weighted by atomic mass is 28.3. The van der Waals surface area contributed by atoms with Crippen LogP contribution in [0.4, 0.5) is 4.79 Å². The Morgan fingerprint density at radius 3 is 2.35 bits per heavy atom. The van der Waals surface area contributed by atoms with E-state index in [4.69, 9.17) is 4.74 Å². The number of amides is 1. The maximum Gasteiger partial charge on any atom is 0.410 e. The zero-order valence-corrected chi connectivity index (χ0v) is 14.8. The Bertz CT molecular complexity index is 472. The van der Waals surface area contributed by atoms with Gasteiger partial charge in [0.25, 0.3) is 0 Å². The van der Waals surface area contributed by atoms with Crippen LogP contribution in [-0.2, 0) is 11.3 Å². The van der Waals surface area contributed by atoms with Crippen LogP contribution < -0.4 is 5.19 Å². The summed E-state index contributed by atoms with van der Waals surface area (Å²) in [5.74, 6) is 0. The molecule has 0 heterocycles. The molecule has 0 aromatic heterocycles. The number of nitrogens with zero attached hydrogens (tertiary/aromatic N) is 1. The summed E-state index contributed by atoms with van der Waals surface area (Å²) in [6.45, 7) is 13.2. The highest BCUT2D eigenvalue weighted by molar-refractivity contribution is 6.88. The standard InChI is InChI=1S/C16H27NO2Si/c1-16(2,3)19-15(18)17(4)12-13-9-8-10-14(11-13)20(5,6)7/h8-11H,12H2,1-7H3.